The second kappa shape index (κ2) is 11.1. The van der Waals surface area contributed by atoms with Crippen LogP contribution in [0.25, 0.3) is 0 Å². The molecule has 0 fully saturated rings. The summed E-state index contributed by atoms with van der Waals surface area (Å²) in [6.45, 7) is 0. The first-order valence-corrected chi connectivity index (χ1v) is 12.1. The van der Waals surface area contributed by atoms with Gasteiger partial charge in [-0.15, -0.1) is 0 Å². The summed E-state index contributed by atoms with van der Waals surface area (Å²) in [4.78, 5) is 24.3. The lowest BCUT2D eigenvalue weighted by atomic mass is 9.95. The highest BCUT2D eigenvalue weighted by molar-refractivity contribution is 9.10. The number of amides is 2. The summed E-state index contributed by atoms with van der Waals surface area (Å²) in [5, 5.41) is 4.22. The smallest absolute Gasteiger partial charge is 0.433 e. The molecule has 0 aliphatic rings. The molecule has 38 heavy (non-hydrogen) atoms. The van der Waals surface area contributed by atoms with Gasteiger partial charge in [-0.05, 0) is 68.3 Å². The molecule has 1 heterocycles. The number of methoxy groups -OCH3 is 1. The standard InChI is InChI=1S/C23H14Br2ClF6N3O3/c1-38-18-13(3-2-4-16(18)34-19(36)11-5-7-33-8-6-11)20(37)35-17-14(24)9-12(10-15(17)26)21(27,22(25,28)29)23(30,31)32/h2-10H,1H3,(H,34,36)(H,35,37). The number of carbonyl (C=O) groups is 2. The minimum Gasteiger partial charge on any atom is -0.494 e. The third kappa shape index (κ3) is 5.76. The van der Waals surface area contributed by atoms with Gasteiger partial charge < -0.3 is 15.4 Å². The average Bonchev–Trinajstić information content (AvgIpc) is 2.84. The van der Waals surface area contributed by atoms with Crippen molar-refractivity contribution in [2.24, 2.45) is 0 Å². The van der Waals surface area contributed by atoms with Crippen LogP contribution < -0.4 is 15.4 Å². The van der Waals surface area contributed by atoms with E-state index in [2.05, 4.69) is 31.5 Å². The van der Waals surface area contributed by atoms with Crippen LogP contribution in [0.4, 0.5) is 37.7 Å². The first-order valence-electron chi connectivity index (χ1n) is 10.1. The molecule has 3 rings (SSSR count). The Balaban J connectivity index is 1.96. The maximum Gasteiger partial charge on any atom is 0.433 e. The monoisotopic (exact) mass is 687 g/mol. The number of aromatic nitrogens is 1. The summed E-state index contributed by atoms with van der Waals surface area (Å²) < 4.78 is 87.1. The number of alkyl halides is 7. The van der Waals surface area contributed by atoms with Gasteiger partial charge in [0.25, 0.3) is 11.8 Å². The highest BCUT2D eigenvalue weighted by Gasteiger charge is 2.71. The quantitative estimate of drug-likeness (QED) is 0.197. The van der Waals surface area contributed by atoms with Crippen molar-refractivity contribution in [2.45, 2.75) is 16.7 Å². The van der Waals surface area contributed by atoms with Gasteiger partial charge in [-0.25, -0.2) is 4.39 Å². The van der Waals surface area contributed by atoms with E-state index in [9.17, 15) is 35.9 Å². The topological polar surface area (TPSA) is 80.3 Å². The van der Waals surface area contributed by atoms with Crippen molar-refractivity contribution in [2.75, 3.05) is 17.7 Å². The fourth-order valence-corrected chi connectivity index (χ4v) is 4.69. The SMILES string of the molecule is COc1c(NC(=O)c2ccncc2)cccc1C(=O)Nc1c(Cl)cc(C(F)(C(F)(F)F)C(F)(F)Br)cc1Br. The number of carbonyl (C=O) groups excluding carboxylic acids is 2. The van der Waals surface area contributed by atoms with Crippen LogP contribution in [-0.2, 0) is 5.67 Å². The Labute approximate surface area is 233 Å². The number of benzene rings is 2. The van der Waals surface area contributed by atoms with E-state index in [1.54, 1.807) is 0 Å². The Morgan fingerprint density at radius 3 is 2.13 bits per heavy atom. The van der Waals surface area contributed by atoms with Crippen LogP contribution in [-0.4, -0.2) is 34.9 Å². The zero-order valence-electron chi connectivity index (χ0n) is 18.8. The molecule has 0 saturated carbocycles. The predicted octanol–water partition coefficient (Wildman–Crippen LogP) is 7.73. The minimum atomic E-state index is -6.03. The molecule has 0 bridgehead atoms. The summed E-state index contributed by atoms with van der Waals surface area (Å²) in [5.74, 6) is -1.51. The van der Waals surface area contributed by atoms with Gasteiger partial charge in [0, 0.05) is 28.0 Å². The van der Waals surface area contributed by atoms with Crippen LogP contribution in [0, 0.1) is 0 Å². The Hall–Kier alpha value is -2.84. The summed E-state index contributed by atoms with van der Waals surface area (Å²) in [6, 6.07) is 7.84. The Bertz CT molecular complexity index is 1330. The van der Waals surface area contributed by atoms with E-state index in [0.29, 0.717) is 12.1 Å². The van der Waals surface area contributed by atoms with E-state index < -0.39 is 43.6 Å². The van der Waals surface area contributed by atoms with E-state index in [1.807, 2.05) is 0 Å². The van der Waals surface area contributed by atoms with E-state index >= 15 is 0 Å². The number of pyridine rings is 1. The maximum atomic E-state index is 14.8. The highest BCUT2D eigenvalue weighted by Crippen LogP contribution is 2.56. The maximum absolute atomic E-state index is 14.8. The van der Waals surface area contributed by atoms with Gasteiger partial charge in [-0.3, -0.25) is 14.6 Å². The molecule has 1 aromatic heterocycles. The summed E-state index contributed by atoms with van der Waals surface area (Å²) in [7, 11) is 1.23. The normalized spacial score (nSPS) is 13.4. The molecular weight excluding hydrogens is 676 g/mol. The number of halogens is 9. The van der Waals surface area contributed by atoms with Crippen molar-refractivity contribution >= 4 is 66.6 Å². The molecular formula is C23H14Br2ClF6N3O3. The molecule has 2 amide bonds. The van der Waals surface area contributed by atoms with Crippen LogP contribution >= 0.6 is 43.5 Å². The van der Waals surface area contributed by atoms with Gasteiger partial charge >= 0.3 is 16.7 Å². The lowest BCUT2D eigenvalue weighted by molar-refractivity contribution is -0.282. The molecule has 1 unspecified atom stereocenters. The third-order valence-electron chi connectivity index (χ3n) is 5.11. The molecule has 2 N–H and O–H groups in total. The van der Waals surface area contributed by atoms with Crippen LogP contribution in [0.5, 0.6) is 5.75 Å². The van der Waals surface area contributed by atoms with Crippen molar-refractivity contribution in [3.05, 3.63) is 81.0 Å². The van der Waals surface area contributed by atoms with E-state index in [0.717, 1.165) is 0 Å². The van der Waals surface area contributed by atoms with Crippen molar-refractivity contribution < 1.29 is 40.7 Å². The number of rotatable bonds is 7. The molecule has 0 aliphatic carbocycles. The number of para-hydroxylation sites is 1. The first kappa shape index (κ1) is 29.7. The molecule has 202 valence electrons. The molecule has 1 atom stereocenters. The van der Waals surface area contributed by atoms with Crippen molar-refractivity contribution in [1.29, 1.82) is 0 Å². The number of hydrogen-bond donors (Lipinski definition) is 2. The van der Waals surface area contributed by atoms with Gasteiger partial charge in [0.1, 0.15) is 0 Å². The van der Waals surface area contributed by atoms with Crippen molar-refractivity contribution in [3.63, 3.8) is 0 Å². The second-order valence-electron chi connectivity index (χ2n) is 7.50. The van der Waals surface area contributed by atoms with Gasteiger partial charge in [0.15, 0.2) is 5.75 Å². The number of anilines is 2. The molecule has 0 spiro atoms. The average molecular weight is 690 g/mol. The Morgan fingerprint density at radius 2 is 1.61 bits per heavy atom. The van der Waals surface area contributed by atoms with Gasteiger partial charge in [0.2, 0.25) is 0 Å². The first-order chi connectivity index (χ1) is 17.6. The molecule has 0 saturated heterocycles. The summed E-state index contributed by atoms with van der Waals surface area (Å²) in [6.07, 6.45) is -3.21. The van der Waals surface area contributed by atoms with Crippen molar-refractivity contribution in [3.8, 4) is 5.75 Å². The summed E-state index contributed by atoms with van der Waals surface area (Å²) in [5.41, 5.74) is -6.75. The predicted molar refractivity (Wildman–Crippen MR) is 135 cm³/mol. The molecule has 3 aromatic rings. The number of nitrogens with one attached hydrogen (secondary N) is 2. The van der Waals surface area contributed by atoms with E-state index in [-0.39, 0.29) is 28.3 Å². The van der Waals surface area contributed by atoms with Gasteiger partial charge in [-0.2, -0.15) is 22.0 Å². The second-order valence-corrected chi connectivity index (χ2v) is 9.76. The lowest BCUT2D eigenvalue weighted by Crippen LogP contribution is -2.49. The van der Waals surface area contributed by atoms with Crippen LogP contribution in [0.3, 0.4) is 0 Å². The third-order valence-corrected chi connectivity index (χ3v) is 6.58. The number of hydrogen-bond acceptors (Lipinski definition) is 4. The highest BCUT2D eigenvalue weighted by atomic mass is 79.9. The number of ether oxygens (including phenoxy) is 1. The fraction of sp³-hybridized carbons (Fsp3) is 0.174. The van der Waals surface area contributed by atoms with E-state index in [1.165, 1.54) is 65.8 Å². The molecule has 0 radical (unpaired) electrons. The molecule has 6 nitrogen and oxygen atoms in total. The van der Waals surface area contributed by atoms with Crippen LogP contribution in [0.1, 0.15) is 26.3 Å². The van der Waals surface area contributed by atoms with Crippen LogP contribution in [0.2, 0.25) is 5.02 Å². The molecule has 0 aliphatic heterocycles. The lowest BCUT2D eigenvalue weighted by Gasteiger charge is -2.32. The summed E-state index contributed by atoms with van der Waals surface area (Å²) >= 11 is 10.3. The Kier molecular flexibility index (Phi) is 8.68. The van der Waals surface area contributed by atoms with Crippen molar-refractivity contribution in [1.82, 2.24) is 4.98 Å². The number of nitrogens with zero attached hydrogens (tertiary/aromatic N) is 1. The zero-order chi connectivity index (χ0) is 28.5. The van der Waals surface area contributed by atoms with Gasteiger partial charge in [-0.1, -0.05) is 17.7 Å². The zero-order valence-corrected chi connectivity index (χ0v) is 22.7. The van der Waals surface area contributed by atoms with E-state index in [4.69, 9.17) is 16.3 Å². The molecule has 15 heteroatoms. The molecule has 2 aromatic carbocycles. The van der Waals surface area contributed by atoms with Crippen LogP contribution in [0.15, 0.2) is 59.3 Å². The fourth-order valence-electron chi connectivity index (χ4n) is 3.29. The minimum absolute atomic E-state index is 0.0740. The Morgan fingerprint density at radius 1 is 0.974 bits per heavy atom. The van der Waals surface area contributed by atoms with Gasteiger partial charge in [0.05, 0.1) is 29.1 Å². The largest absolute Gasteiger partial charge is 0.494 e.